The fraction of sp³-hybridized carbons (Fsp3) is 1.00. The van der Waals surface area contributed by atoms with E-state index in [2.05, 4.69) is 0 Å². The third kappa shape index (κ3) is 3.03. The van der Waals surface area contributed by atoms with Gasteiger partial charge in [-0.3, -0.25) is 0 Å². The molecule has 0 aromatic heterocycles. The Morgan fingerprint density at radius 3 is 2.50 bits per heavy atom. The average molecular weight is 203 g/mol. The van der Waals surface area contributed by atoms with Crippen LogP contribution in [0.2, 0.25) is 5.25 Å². The summed E-state index contributed by atoms with van der Waals surface area (Å²) in [5.41, 5.74) is 0. The second-order valence-electron chi connectivity index (χ2n) is 2.91. The fourth-order valence-electron chi connectivity index (χ4n) is 1.23. The molecule has 58 valence electrons. The Bertz CT molecular complexity index is 93.8. The van der Waals surface area contributed by atoms with E-state index in [-0.39, 0.29) is 0 Å². The van der Waals surface area contributed by atoms with Gasteiger partial charge in [0.15, 0.2) is 0 Å². The van der Waals surface area contributed by atoms with E-state index in [1.54, 1.807) is 0 Å². The van der Waals surface area contributed by atoms with E-state index >= 15 is 0 Å². The van der Waals surface area contributed by atoms with Crippen molar-refractivity contribution < 1.29 is 10.2 Å². The summed E-state index contributed by atoms with van der Waals surface area (Å²) in [5.74, 6) is 0. The molecule has 2 N–H and O–H groups in total. The van der Waals surface area contributed by atoms with E-state index in [0.29, 0.717) is 6.42 Å². The van der Waals surface area contributed by atoms with Gasteiger partial charge < -0.3 is 0 Å². The van der Waals surface area contributed by atoms with Crippen LogP contribution in [0.1, 0.15) is 32.1 Å². The maximum absolute atomic E-state index is 9.29. The van der Waals surface area contributed by atoms with Crippen LogP contribution < -0.4 is 0 Å². The number of hydrogen-bond acceptors (Lipinski definition) is 2. The van der Waals surface area contributed by atoms with Gasteiger partial charge in [0.2, 0.25) is 0 Å². The van der Waals surface area contributed by atoms with Gasteiger partial charge >= 0.3 is 67.6 Å². The van der Waals surface area contributed by atoms with E-state index in [1.165, 1.54) is 19.3 Å². The molecular weight excluding hydrogens is 189 g/mol. The van der Waals surface area contributed by atoms with Crippen LogP contribution in [-0.4, -0.2) is 30.3 Å². The second kappa shape index (κ2) is 3.74. The number of rotatable bonds is 0. The number of hydrogen-bond donors (Lipinski definition) is 2. The van der Waals surface area contributed by atoms with Crippen LogP contribution in [0, 0.1) is 0 Å². The van der Waals surface area contributed by atoms with Crippen LogP contribution in [0.4, 0.5) is 0 Å². The zero-order valence-electron chi connectivity index (χ0n) is 6.14. The predicted octanol–water partition coefficient (Wildman–Crippen LogP) is 0.711. The van der Waals surface area contributed by atoms with Crippen molar-refractivity contribution in [3.63, 3.8) is 0 Å². The monoisotopic (exact) mass is 204 g/mol. The van der Waals surface area contributed by atoms with E-state index < -0.39 is 20.1 Å². The van der Waals surface area contributed by atoms with Gasteiger partial charge in [0, 0.05) is 0 Å². The van der Waals surface area contributed by atoms with Crippen LogP contribution in [-0.2, 0) is 0 Å². The van der Waals surface area contributed by atoms with Gasteiger partial charge in [0.05, 0.1) is 0 Å². The van der Waals surface area contributed by atoms with Gasteiger partial charge in [0.25, 0.3) is 0 Å². The predicted molar refractivity (Wildman–Crippen MR) is 40.8 cm³/mol. The molecule has 0 saturated carbocycles. The number of aliphatic hydroxyl groups is 2. The molecule has 0 amide bonds. The molecule has 1 aliphatic rings. The van der Waals surface area contributed by atoms with E-state index in [9.17, 15) is 10.2 Å². The molecule has 0 spiro atoms. The van der Waals surface area contributed by atoms with Crippen LogP contribution in [0.25, 0.3) is 0 Å². The summed E-state index contributed by atoms with van der Waals surface area (Å²) in [6.07, 6.45) is 5.29. The molecule has 0 aliphatic carbocycles. The Morgan fingerprint density at radius 1 is 1.00 bits per heavy atom. The first-order chi connectivity index (χ1) is 4.71. The minimum atomic E-state index is -1.22. The van der Waals surface area contributed by atoms with Crippen LogP contribution >= 0.6 is 0 Å². The third-order valence-electron chi connectivity index (χ3n) is 1.86. The first-order valence-electron chi connectivity index (χ1n) is 3.90. The zero-order valence-corrected chi connectivity index (χ0v) is 8.24. The molecule has 3 heteroatoms. The molecule has 0 atom stereocenters. The molecular formula is C7H14GeO2. The van der Waals surface area contributed by atoms with Gasteiger partial charge in [-0.25, -0.2) is 0 Å². The zero-order chi connectivity index (χ0) is 7.45. The van der Waals surface area contributed by atoms with Crippen molar-refractivity contribution in [2.24, 2.45) is 0 Å². The molecule has 2 nitrogen and oxygen atoms in total. The van der Waals surface area contributed by atoms with Crippen molar-refractivity contribution in [1.29, 1.82) is 0 Å². The van der Waals surface area contributed by atoms with Gasteiger partial charge in [0.1, 0.15) is 0 Å². The second-order valence-corrected chi connectivity index (χ2v) is 6.38. The fourth-order valence-corrected chi connectivity index (χ4v) is 3.70. The molecule has 0 aromatic carbocycles. The maximum atomic E-state index is 9.29. The SMILES string of the molecule is O[C]1(O)CCCCC[CH2][Ge]1. The van der Waals surface area contributed by atoms with E-state index in [1.807, 2.05) is 0 Å². The third-order valence-corrected chi connectivity index (χ3v) is 4.84. The molecule has 1 aliphatic heterocycles. The van der Waals surface area contributed by atoms with Gasteiger partial charge in [-0.15, -0.1) is 0 Å². The van der Waals surface area contributed by atoms with Crippen molar-refractivity contribution in [2.45, 2.75) is 42.0 Å². The first kappa shape index (κ1) is 8.56. The molecule has 1 saturated heterocycles. The topological polar surface area (TPSA) is 40.5 Å². The molecule has 1 rings (SSSR count). The van der Waals surface area contributed by atoms with Crippen LogP contribution in [0.3, 0.4) is 0 Å². The quantitative estimate of drug-likeness (QED) is 0.449. The molecule has 2 radical (unpaired) electrons. The molecule has 0 unspecified atom stereocenters. The Hall–Kier alpha value is 0.463. The summed E-state index contributed by atoms with van der Waals surface area (Å²) >= 11 is -0.492. The van der Waals surface area contributed by atoms with Crippen molar-refractivity contribution in [3.8, 4) is 0 Å². The summed E-state index contributed by atoms with van der Waals surface area (Å²) in [6.45, 7) is 0. The van der Waals surface area contributed by atoms with Gasteiger partial charge in [-0.2, -0.15) is 0 Å². The van der Waals surface area contributed by atoms with Crippen molar-refractivity contribution >= 4 is 15.4 Å². The Balaban J connectivity index is 2.30. The van der Waals surface area contributed by atoms with Gasteiger partial charge in [-0.05, 0) is 0 Å². The standard InChI is InChI=1S/C7H14GeO2/c9-7(10)5-3-1-2-4-6-8-7/h9-10H,1-6H2. The Labute approximate surface area is 68.1 Å². The molecule has 10 heavy (non-hydrogen) atoms. The Morgan fingerprint density at radius 2 is 1.70 bits per heavy atom. The summed E-state index contributed by atoms with van der Waals surface area (Å²) in [6, 6.07) is 0. The van der Waals surface area contributed by atoms with Crippen molar-refractivity contribution in [3.05, 3.63) is 0 Å². The Kier molecular flexibility index (Phi) is 3.20. The summed E-state index contributed by atoms with van der Waals surface area (Å²) in [4.78, 5) is 0. The molecule has 0 bridgehead atoms. The van der Waals surface area contributed by atoms with Crippen LogP contribution in [0.15, 0.2) is 0 Å². The minimum absolute atomic E-state index is 0.492. The summed E-state index contributed by atoms with van der Waals surface area (Å²) in [5, 5.41) is 19.7. The van der Waals surface area contributed by atoms with E-state index in [0.717, 1.165) is 11.7 Å². The molecule has 1 fully saturated rings. The summed E-state index contributed by atoms with van der Waals surface area (Å²) < 4.78 is -1.22. The normalized spacial score (nSPS) is 27.0. The molecule has 0 aromatic rings. The van der Waals surface area contributed by atoms with Crippen molar-refractivity contribution in [2.75, 3.05) is 0 Å². The van der Waals surface area contributed by atoms with Crippen molar-refractivity contribution in [1.82, 2.24) is 0 Å². The van der Waals surface area contributed by atoms with Crippen LogP contribution in [0.5, 0.6) is 0 Å². The average Bonchev–Trinajstić information content (AvgIpc) is 1.81. The summed E-state index contributed by atoms with van der Waals surface area (Å²) in [7, 11) is 0. The molecule has 1 heterocycles. The first-order valence-corrected chi connectivity index (χ1v) is 6.44. The van der Waals surface area contributed by atoms with E-state index in [4.69, 9.17) is 0 Å². The van der Waals surface area contributed by atoms with Gasteiger partial charge in [-0.1, -0.05) is 0 Å².